The van der Waals surface area contributed by atoms with Crippen LogP contribution in [0.5, 0.6) is 5.75 Å². The standard InChI is InChI=1S/C34H38F4N6O3S/c1-39-22-47-30-19-29(43-14-16-46-17-15-43)26(35)18-28(30)40-11-5-8-31-25(20-34(36,37)38)24-6-4-7-27(33(24)48-31)41-23-9-12-44(13-10-23)32(45)21-42(2)3/h4,6-7,18-19,23,40-41H,9-17,20-22H2,2-3H3. The van der Waals surface area contributed by atoms with E-state index in [0.717, 1.165) is 18.5 Å². The lowest BCUT2D eigenvalue weighted by Gasteiger charge is -2.33. The minimum absolute atomic E-state index is 0.000641. The van der Waals surface area contributed by atoms with Gasteiger partial charge in [-0.25, -0.2) is 11.0 Å². The number of carbonyl (C=O) groups excluding carboxylic acids is 1. The van der Waals surface area contributed by atoms with Crippen LogP contribution >= 0.6 is 11.3 Å². The molecule has 3 aromatic rings. The molecule has 5 rings (SSSR count). The number of ether oxygens (including phenoxy) is 2. The van der Waals surface area contributed by atoms with Crippen molar-refractivity contribution < 1.29 is 31.8 Å². The van der Waals surface area contributed by atoms with E-state index < -0.39 is 18.4 Å². The Bertz CT molecular complexity index is 1700. The monoisotopic (exact) mass is 686 g/mol. The summed E-state index contributed by atoms with van der Waals surface area (Å²) in [6.45, 7) is 10.4. The van der Waals surface area contributed by atoms with Gasteiger partial charge in [0.15, 0.2) is 5.75 Å². The molecule has 2 saturated heterocycles. The number of likely N-dealkylation sites (N-methyl/N-ethyl adjacent to an activating group) is 1. The number of amides is 1. The summed E-state index contributed by atoms with van der Waals surface area (Å²) in [4.78, 5) is 21.5. The van der Waals surface area contributed by atoms with E-state index >= 15 is 4.39 Å². The summed E-state index contributed by atoms with van der Waals surface area (Å²) < 4.78 is 68.0. The number of fused-ring (bicyclic) bond motifs is 1. The fraction of sp³-hybridized carbons (Fsp3) is 0.471. The van der Waals surface area contributed by atoms with Gasteiger partial charge in [-0.3, -0.25) is 9.64 Å². The lowest BCUT2D eigenvalue weighted by atomic mass is 10.0. The van der Waals surface area contributed by atoms with Crippen LogP contribution in [0.4, 0.5) is 34.6 Å². The summed E-state index contributed by atoms with van der Waals surface area (Å²) in [5.74, 6) is 5.70. The second-order valence-corrected chi connectivity index (χ2v) is 12.9. The molecular weight excluding hydrogens is 648 g/mol. The number of likely N-dealkylation sites (tertiary alicyclic amines) is 1. The van der Waals surface area contributed by atoms with E-state index in [1.54, 1.807) is 12.1 Å². The Morgan fingerprint density at radius 3 is 2.60 bits per heavy atom. The number of nitrogens with zero attached hydrogens (tertiary/aromatic N) is 4. The van der Waals surface area contributed by atoms with Crippen molar-refractivity contribution in [1.82, 2.24) is 9.80 Å². The number of thiophene rings is 1. The highest BCUT2D eigenvalue weighted by Gasteiger charge is 2.31. The fourth-order valence-corrected chi connectivity index (χ4v) is 7.01. The molecule has 0 spiro atoms. The normalized spacial score (nSPS) is 15.6. The molecule has 2 N–H and O–H groups in total. The Morgan fingerprint density at radius 2 is 1.92 bits per heavy atom. The zero-order valence-electron chi connectivity index (χ0n) is 26.9. The van der Waals surface area contributed by atoms with E-state index in [0.29, 0.717) is 66.6 Å². The second kappa shape index (κ2) is 15.8. The van der Waals surface area contributed by atoms with Crippen LogP contribution in [-0.4, -0.2) is 101 Å². The SMILES string of the molecule is [C-]#[N+]COc1cc(N2CCOCC2)c(F)cc1NCC#Cc1sc2c(NC3CCN(C(=O)CN(C)C)CC3)cccc2c1CC(F)(F)F. The van der Waals surface area contributed by atoms with E-state index in [-0.39, 0.29) is 42.2 Å². The van der Waals surface area contributed by atoms with E-state index in [2.05, 4.69) is 27.3 Å². The third-order valence-electron chi connectivity index (χ3n) is 8.11. The van der Waals surface area contributed by atoms with E-state index in [4.69, 9.17) is 16.0 Å². The predicted molar refractivity (Wildman–Crippen MR) is 180 cm³/mol. The maximum absolute atomic E-state index is 15.1. The molecule has 0 saturated carbocycles. The summed E-state index contributed by atoms with van der Waals surface area (Å²) in [6.07, 6.45) is -4.11. The molecule has 0 bridgehead atoms. The Labute approximate surface area is 281 Å². The molecule has 14 heteroatoms. The first-order valence-electron chi connectivity index (χ1n) is 15.7. The Kier molecular flexibility index (Phi) is 11.5. The molecule has 2 aliphatic rings. The van der Waals surface area contributed by atoms with Crippen LogP contribution in [0.1, 0.15) is 23.3 Å². The Balaban J connectivity index is 1.34. The summed E-state index contributed by atoms with van der Waals surface area (Å²) in [6, 6.07) is 8.17. The largest absolute Gasteiger partial charge is 0.424 e. The highest BCUT2D eigenvalue weighted by molar-refractivity contribution is 7.20. The van der Waals surface area contributed by atoms with Crippen LogP contribution < -0.4 is 20.3 Å². The highest BCUT2D eigenvalue weighted by atomic mass is 32.1. The van der Waals surface area contributed by atoms with Gasteiger partial charge in [0, 0.05) is 44.4 Å². The fourth-order valence-electron chi connectivity index (χ4n) is 5.84. The minimum Gasteiger partial charge on any atom is -0.424 e. The van der Waals surface area contributed by atoms with Crippen LogP contribution in [0.25, 0.3) is 14.9 Å². The van der Waals surface area contributed by atoms with Crippen molar-refractivity contribution in [3.8, 4) is 17.6 Å². The first kappa shape index (κ1) is 35.1. The van der Waals surface area contributed by atoms with Crippen molar-refractivity contribution in [1.29, 1.82) is 0 Å². The number of rotatable bonds is 10. The zero-order valence-corrected chi connectivity index (χ0v) is 27.7. The van der Waals surface area contributed by atoms with Gasteiger partial charge in [0.25, 0.3) is 0 Å². The predicted octanol–water partition coefficient (Wildman–Crippen LogP) is 5.67. The highest BCUT2D eigenvalue weighted by Crippen LogP contribution is 2.40. The van der Waals surface area contributed by atoms with Gasteiger partial charge in [-0.2, -0.15) is 13.2 Å². The van der Waals surface area contributed by atoms with Crippen molar-refractivity contribution in [2.45, 2.75) is 31.5 Å². The number of carbonyl (C=O) groups is 1. The van der Waals surface area contributed by atoms with Crippen molar-refractivity contribution >= 4 is 44.4 Å². The Hall–Kier alpha value is -4.24. The number of benzene rings is 2. The summed E-state index contributed by atoms with van der Waals surface area (Å²) in [5, 5.41) is 7.01. The molecular formula is C34H38F4N6O3S. The van der Waals surface area contributed by atoms with Crippen LogP contribution in [0.15, 0.2) is 30.3 Å². The summed E-state index contributed by atoms with van der Waals surface area (Å²) >= 11 is 1.21. The van der Waals surface area contributed by atoms with Gasteiger partial charge in [0.05, 0.1) is 59.4 Å². The number of hydrogen-bond donors (Lipinski definition) is 2. The summed E-state index contributed by atoms with van der Waals surface area (Å²) in [7, 11) is 3.71. The number of anilines is 3. The molecule has 48 heavy (non-hydrogen) atoms. The van der Waals surface area contributed by atoms with Crippen LogP contribution in [0.3, 0.4) is 0 Å². The van der Waals surface area contributed by atoms with E-state index in [1.807, 2.05) is 34.9 Å². The van der Waals surface area contributed by atoms with Gasteiger partial charge in [0.2, 0.25) is 5.91 Å². The van der Waals surface area contributed by atoms with E-state index in [1.165, 1.54) is 23.5 Å². The van der Waals surface area contributed by atoms with Crippen LogP contribution in [0, 0.1) is 24.2 Å². The molecule has 9 nitrogen and oxygen atoms in total. The first-order valence-corrected chi connectivity index (χ1v) is 16.5. The smallest absolute Gasteiger partial charge is 0.393 e. The first-order chi connectivity index (χ1) is 23.0. The molecule has 3 heterocycles. The summed E-state index contributed by atoms with van der Waals surface area (Å²) in [5.41, 5.74) is 1.48. The zero-order chi connectivity index (χ0) is 34.3. The van der Waals surface area contributed by atoms with Crippen molar-refractivity contribution in [3.63, 3.8) is 0 Å². The van der Waals surface area contributed by atoms with Crippen molar-refractivity contribution in [3.05, 3.63) is 58.0 Å². The molecule has 2 aromatic carbocycles. The average Bonchev–Trinajstić information content (AvgIpc) is 3.39. The molecule has 0 aliphatic carbocycles. The van der Waals surface area contributed by atoms with Gasteiger partial charge < -0.3 is 34.8 Å². The topological polar surface area (TPSA) is 73.7 Å². The molecule has 1 amide bonds. The number of piperidine rings is 1. The van der Waals surface area contributed by atoms with Gasteiger partial charge in [-0.1, -0.05) is 24.0 Å². The maximum atomic E-state index is 15.1. The quantitative estimate of drug-likeness (QED) is 0.162. The number of nitrogens with one attached hydrogen (secondary N) is 2. The number of morpholine rings is 1. The lowest BCUT2D eigenvalue weighted by molar-refractivity contribution is -0.132. The third kappa shape index (κ3) is 9.01. The third-order valence-corrected chi connectivity index (χ3v) is 9.31. The molecule has 256 valence electrons. The molecule has 0 unspecified atom stereocenters. The lowest BCUT2D eigenvalue weighted by Crippen LogP contribution is -2.45. The van der Waals surface area contributed by atoms with E-state index in [9.17, 15) is 18.0 Å². The molecule has 0 atom stereocenters. The van der Waals surface area contributed by atoms with Gasteiger partial charge in [-0.05, 0) is 44.0 Å². The van der Waals surface area contributed by atoms with Crippen LogP contribution in [0.2, 0.25) is 0 Å². The van der Waals surface area contributed by atoms with Gasteiger partial charge >= 0.3 is 12.9 Å². The second-order valence-electron chi connectivity index (χ2n) is 11.9. The maximum Gasteiger partial charge on any atom is 0.393 e. The molecule has 0 radical (unpaired) electrons. The van der Waals surface area contributed by atoms with Gasteiger partial charge in [-0.15, -0.1) is 11.3 Å². The van der Waals surface area contributed by atoms with Crippen LogP contribution in [-0.2, 0) is 16.0 Å². The number of alkyl halides is 3. The number of halogens is 4. The average molecular weight is 687 g/mol. The minimum atomic E-state index is -4.44. The molecule has 2 aliphatic heterocycles. The van der Waals surface area contributed by atoms with Crippen molar-refractivity contribution in [2.75, 3.05) is 88.8 Å². The number of hydrogen-bond acceptors (Lipinski definition) is 8. The molecule has 1 aromatic heterocycles. The van der Waals surface area contributed by atoms with Gasteiger partial charge in [0.1, 0.15) is 5.82 Å². The molecule has 2 fully saturated rings. The Morgan fingerprint density at radius 1 is 1.17 bits per heavy atom. The van der Waals surface area contributed by atoms with Crippen molar-refractivity contribution in [2.24, 2.45) is 0 Å².